The number of aromatic nitrogens is 2. The van der Waals surface area contributed by atoms with E-state index in [9.17, 15) is 31.2 Å². The number of nitrogens with one attached hydrogen (secondary N) is 1. The second-order valence-electron chi connectivity index (χ2n) is 5.83. The number of imidazole rings is 1. The van der Waals surface area contributed by atoms with E-state index >= 15 is 0 Å². The number of sulfone groups is 1. The van der Waals surface area contributed by atoms with Crippen LogP contribution in [0.1, 0.15) is 23.8 Å². The number of carbonyl (C=O) groups excluding carboxylic acids is 2. The summed E-state index contributed by atoms with van der Waals surface area (Å²) in [5.41, 5.74) is -0.0356. The number of alkyl halides is 3. The lowest BCUT2D eigenvalue weighted by Gasteiger charge is -2.08. The average molecular weight is 438 g/mol. The van der Waals surface area contributed by atoms with Crippen LogP contribution >= 0.6 is 11.6 Å². The van der Waals surface area contributed by atoms with E-state index in [1.807, 2.05) is 0 Å². The van der Waals surface area contributed by atoms with E-state index in [1.54, 1.807) is 0 Å². The van der Waals surface area contributed by atoms with Crippen LogP contribution in [-0.2, 0) is 21.2 Å². The fourth-order valence-corrected chi connectivity index (χ4v) is 3.71. The van der Waals surface area contributed by atoms with Crippen LogP contribution in [0.25, 0.3) is 0 Å². The monoisotopic (exact) mass is 437 g/mol. The Bertz CT molecular complexity index is 986. The van der Waals surface area contributed by atoms with E-state index in [-0.39, 0.29) is 16.0 Å². The molecule has 0 spiro atoms. The van der Waals surface area contributed by atoms with Gasteiger partial charge in [0, 0.05) is 19.2 Å². The maximum atomic E-state index is 12.4. The van der Waals surface area contributed by atoms with Gasteiger partial charge in [0.2, 0.25) is 5.91 Å². The SMILES string of the molecule is CC(=O)Nc1ccc(S(=O)(=O)CC(=O)c2ncn(CCC(F)(F)F)c2Cl)cc1. The molecule has 0 atom stereocenters. The fraction of sp³-hybridized carbons (Fsp3) is 0.312. The molecular weight excluding hydrogens is 423 g/mol. The number of amides is 1. The van der Waals surface area contributed by atoms with E-state index < -0.39 is 46.2 Å². The number of hydrogen-bond acceptors (Lipinski definition) is 5. The van der Waals surface area contributed by atoms with E-state index in [0.717, 1.165) is 10.9 Å². The lowest BCUT2D eigenvalue weighted by Crippen LogP contribution is -2.17. The van der Waals surface area contributed by atoms with E-state index in [4.69, 9.17) is 11.6 Å². The first-order valence-corrected chi connectivity index (χ1v) is 9.83. The Hall–Kier alpha value is -2.40. The Morgan fingerprint density at radius 1 is 1.21 bits per heavy atom. The molecule has 0 aliphatic carbocycles. The summed E-state index contributed by atoms with van der Waals surface area (Å²) < 4.78 is 62.6. The zero-order valence-corrected chi connectivity index (χ0v) is 16.0. The average Bonchev–Trinajstić information content (AvgIpc) is 2.93. The Balaban J connectivity index is 2.13. The van der Waals surface area contributed by atoms with Gasteiger partial charge in [-0.25, -0.2) is 13.4 Å². The lowest BCUT2D eigenvalue weighted by molar-refractivity contribution is -0.136. The van der Waals surface area contributed by atoms with Crippen LogP contribution in [0.15, 0.2) is 35.5 Å². The summed E-state index contributed by atoms with van der Waals surface area (Å²) in [5, 5.41) is 2.12. The maximum absolute atomic E-state index is 12.4. The molecule has 1 aromatic heterocycles. The Kier molecular flexibility index (Phi) is 6.50. The lowest BCUT2D eigenvalue weighted by atomic mass is 10.3. The first kappa shape index (κ1) is 21.9. The maximum Gasteiger partial charge on any atom is 0.390 e. The number of benzene rings is 1. The fourth-order valence-electron chi connectivity index (χ4n) is 2.23. The molecule has 2 aromatic rings. The highest BCUT2D eigenvalue weighted by Gasteiger charge is 2.29. The molecule has 0 saturated carbocycles. The molecule has 0 unspecified atom stereocenters. The second-order valence-corrected chi connectivity index (χ2v) is 8.18. The molecule has 0 aliphatic heterocycles. The van der Waals surface area contributed by atoms with Crippen LogP contribution < -0.4 is 5.32 Å². The molecule has 0 fully saturated rings. The predicted molar refractivity (Wildman–Crippen MR) is 95.0 cm³/mol. The van der Waals surface area contributed by atoms with Gasteiger partial charge in [-0.3, -0.25) is 9.59 Å². The third kappa shape index (κ3) is 5.80. The number of rotatable bonds is 7. The van der Waals surface area contributed by atoms with Crippen molar-refractivity contribution < 1.29 is 31.2 Å². The molecule has 12 heteroatoms. The summed E-state index contributed by atoms with van der Waals surface area (Å²) >= 11 is 5.87. The molecule has 0 saturated heterocycles. The standard InChI is InChI=1S/C16H15ClF3N3O4S/c1-10(24)22-11-2-4-12(5-3-11)28(26,27)8-13(25)14-15(17)23(9-21-14)7-6-16(18,19)20/h2-5,9H,6-8H2,1H3,(H,22,24). The number of Topliss-reactive ketones (excluding diaryl/α,β-unsaturated/α-hetero) is 1. The quantitative estimate of drug-likeness (QED) is 0.671. The van der Waals surface area contributed by atoms with Crippen molar-refractivity contribution in [3.8, 4) is 0 Å². The normalized spacial score (nSPS) is 12.0. The molecule has 0 bridgehead atoms. The summed E-state index contributed by atoms with van der Waals surface area (Å²) in [6.07, 6.45) is -4.63. The van der Waals surface area contributed by atoms with Crippen LogP contribution in [0.5, 0.6) is 0 Å². The summed E-state index contributed by atoms with van der Waals surface area (Å²) in [5.74, 6) is -2.23. The van der Waals surface area contributed by atoms with E-state index in [1.165, 1.54) is 31.2 Å². The Morgan fingerprint density at radius 3 is 2.36 bits per heavy atom. The van der Waals surface area contributed by atoms with Crippen LogP contribution in [0.4, 0.5) is 18.9 Å². The van der Waals surface area contributed by atoms with Crippen molar-refractivity contribution in [2.24, 2.45) is 0 Å². The largest absolute Gasteiger partial charge is 0.390 e. The van der Waals surface area contributed by atoms with Crippen molar-refractivity contribution >= 4 is 38.8 Å². The van der Waals surface area contributed by atoms with Crippen molar-refractivity contribution in [2.45, 2.75) is 31.0 Å². The van der Waals surface area contributed by atoms with Gasteiger partial charge in [0.05, 0.1) is 17.6 Å². The summed E-state index contributed by atoms with van der Waals surface area (Å²) in [6.45, 7) is 0.751. The minimum absolute atomic E-state index is 0.164. The Morgan fingerprint density at radius 2 is 1.82 bits per heavy atom. The molecule has 1 heterocycles. The molecule has 1 amide bonds. The third-order valence-electron chi connectivity index (χ3n) is 3.53. The predicted octanol–water partition coefficient (Wildman–Crippen LogP) is 3.10. The highest BCUT2D eigenvalue weighted by molar-refractivity contribution is 7.92. The van der Waals surface area contributed by atoms with Crippen LogP contribution in [-0.4, -0.2) is 41.6 Å². The highest BCUT2D eigenvalue weighted by atomic mass is 35.5. The zero-order valence-electron chi connectivity index (χ0n) is 14.5. The van der Waals surface area contributed by atoms with Crippen molar-refractivity contribution in [3.05, 3.63) is 41.4 Å². The molecule has 2 rings (SSSR count). The van der Waals surface area contributed by atoms with Gasteiger partial charge in [-0.05, 0) is 24.3 Å². The van der Waals surface area contributed by atoms with Crippen LogP contribution in [0.3, 0.4) is 0 Å². The number of hydrogen-bond donors (Lipinski definition) is 1. The van der Waals surface area contributed by atoms with Gasteiger partial charge in [0.1, 0.15) is 16.6 Å². The number of aryl methyl sites for hydroxylation is 1. The first-order chi connectivity index (χ1) is 12.9. The minimum Gasteiger partial charge on any atom is -0.326 e. The van der Waals surface area contributed by atoms with Crippen LogP contribution in [0, 0.1) is 0 Å². The molecule has 1 N–H and O–H groups in total. The number of ketones is 1. The van der Waals surface area contributed by atoms with Gasteiger partial charge in [0.15, 0.2) is 15.6 Å². The number of halogens is 4. The highest BCUT2D eigenvalue weighted by Crippen LogP contribution is 2.24. The molecule has 7 nitrogen and oxygen atoms in total. The number of nitrogens with zero attached hydrogens (tertiary/aromatic N) is 2. The van der Waals surface area contributed by atoms with Gasteiger partial charge >= 0.3 is 6.18 Å². The first-order valence-electron chi connectivity index (χ1n) is 7.80. The van der Waals surface area contributed by atoms with Gasteiger partial charge in [-0.2, -0.15) is 13.2 Å². The van der Waals surface area contributed by atoms with Gasteiger partial charge < -0.3 is 9.88 Å². The summed E-state index contributed by atoms with van der Waals surface area (Å²) in [6, 6.07) is 5.16. The van der Waals surface area contributed by atoms with Crippen molar-refractivity contribution in [3.63, 3.8) is 0 Å². The number of anilines is 1. The zero-order chi connectivity index (χ0) is 21.1. The van der Waals surface area contributed by atoms with Gasteiger partial charge in [-0.15, -0.1) is 0 Å². The van der Waals surface area contributed by atoms with Crippen molar-refractivity contribution in [1.29, 1.82) is 0 Å². The second kappa shape index (κ2) is 8.31. The van der Waals surface area contributed by atoms with Crippen molar-refractivity contribution in [1.82, 2.24) is 9.55 Å². The third-order valence-corrected chi connectivity index (χ3v) is 5.56. The number of carbonyl (C=O) groups is 2. The minimum atomic E-state index is -4.41. The summed E-state index contributed by atoms with van der Waals surface area (Å²) in [7, 11) is -4.05. The molecule has 152 valence electrons. The van der Waals surface area contributed by atoms with E-state index in [0.29, 0.717) is 5.69 Å². The van der Waals surface area contributed by atoms with Crippen LogP contribution in [0.2, 0.25) is 5.15 Å². The smallest absolute Gasteiger partial charge is 0.326 e. The van der Waals surface area contributed by atoms with E-state index in [2.05, 4.69) is 10.3 Å². The molecular formula is C16H15ClF3N3O4S. The Labute approximate surface area is 163 Å². The van der Waals surface area contributed by atoms with Gasteiger partial charge in [-0.1, -0.05) is 11.6 Å². The molecule has 28 heavy (non-hydrogen) atoms. The van der Waals surface area contributed by atoms with Gasteiger partial charge in [0.25, 0.3) is 0 Å². The molecule has 0 radical (unpaired) electrons. The van der Waals surface area contributed by atoms with Crippen molar-refractivity contribution in [2.75, 3.05) is 11.1 Å². The summed E-state index contributed by atoms with van der Waals surface area (Å²) in [4.78, 5) is 26.7. The molecule has 0 aliphatic rings. The topological polar surface area (TPSA) is 98.1 Å². The molecule has 1 aromatic carbocycles.